The normalized spacial score (nSPS) is 12.3. The van der Waals surface area contributed by atoms with Crippen LogP contribution < -0.4 is 0 Å². The third kappa shape index (κ3) is 2.97. The molecule has 2 heterocycles. The number of rotatable bonds is 3. The largest absolute Gasteiger partial charge is 0.456 e. The van der Waals surface area contributed by atoms with Crippen LogP contribution in [-0.4, -0.2) is 9.55 Å². The number of nitrogens with zero attached hydrogens (tertiary/aromatic N) is 2. The first kappa shape index (κ1) is 20.5. The molecular formula is C29H25BrN2O. The standard InChI is InChI=1S/C29H25BrN2O/c1-16(2)19-9-7-10-20(17(3)4)27(19)32-28-22(31-29(32)30)14-12-18-13-15-24-26(25(18)28)21-8-5-6-11-23(21)33-24/h5-17H,1-4H3. The average Bonchev–Trinajstić information content (AvgIpc) is 3.35. The highest BCUT2D eigenvalue weighted by molar-refractivity contribution is 9.10. The van der Waals surface area contributed by atoms with Gasteiger partial charge in [0.15, 0.2) is 4.73 Å². The highest BCUT2D eigenvalue weighted by Gasteiger charge is 2.23. The Balaban J connectivity index is 1.88. The van der Waals surface area contributed by atoms with Gasteiger partial charge in [0.1, 0.15) is 11.2 Å². The van der Waals surface area contributed by atoms with Gasteiger partial charge in [-0.15, -0.1) is 0 Å². The van der Waals surface area contributed by atoms with E-state index in [1.807, 2.05) is 12.1 Å². The molecule has 0 saturated heterocycles. The Labute approximate surface area is 201 Å². The number of hydrogen-bond donors (Lipinski definition) is 0. The summed E-state index contributed by atoms with van der Waals surface area (Å²) in [5.74, 6) is 0.764. The first-order valence-corrected chi connectivity index (χ1v) is 12.3. The average molecular weight is 497 g/mol. The lowest BCUT2D eigenvalue weighted by Gasteiger charge is -2.22. The molecule has 0 radical (unpaired) electrons. The van der Waals surface area contributed by atoms with Crippen molar-refractivity contribution in [2.45, 2.75) is 39.5 Å². The van der Waals surface area contributed by atoms with Crippen LogP contribution in [0.25, 0.3) is 49.4 Å². The highest BCUT2D eigenvalue weighted by atomic mass is 79.9. The summed E-state index contributed by atoms with van der Waals surface area (Å²) in [6.45, 7) is 9.04. The van der Waals surface area contributed by atoms with Gasteiger partial charge in [0.25, 0.3) is 0 Å². The minimum atomic E-state index is 0.382. The molecule has 6 aromatic rings. The van der Waals surface area contributed by atoms with Crippen LogP contribution in [0.4, 0.5) is 0 Å². The maximum Gasteiger partial charge on any atom is 0.182 e. The summed E-state index contributed by atoms with van der Waals surface area (Å²) in [6, 6.07) is 23.5. The van der Waals surface area contributed by atoms with Crippen LogP contribution in [-0.2, 0) is 0 Å². The van der Waals surface area contributed by atoms with E-state index in [-0.39, 0.29) is 0 Å². The van der Waals surface area contributed by atoms with Crippen molar-refractivity contribution in [2.75, 3.05) is 0 Å². The fourth-order valence-electron chi connectivity index (χ4n) is 5.13. The van der Waals surface area contributed by atoms with Crippen LogP contribution in [0.15, 0.2) is 75.9 Å². The van der Waals surface area contributed by atoms with Gasteiger partial charge in [0, 0.05) is 16.2 Å². The van der Waals surface area contributed by atoms with E-state index >= 15 is 0 Å². The molecule has 33 heavy (non-hydrogen) atoms. The maximum atomic E-state index is 6.24. The fourth-order valence-corrected chi connectivity index (χ4v) is 5.68. The van der Waals surface area contributed by atoms with Gasteiger partial charge in [0.2, 0.25) is 0 Å². The summed E-state index contributed by atoms with van der Waals surface area (Å²) < 4.78 is 9.39. The Kier molecular flexibility index (Phi) is 4.63. The molecule has 0 N–H and O–H groups in total. The van der Waals surface area contributed by atoms with Crippen LogP contribution in [0.5, 0.6) is 0 Å². The van der Waals surface area contributed by atoms with Gasteiger partial charge in [0.05, 0.1) is 16.7 Å². The summed E-state index contributed by atoms with van der Waals surface area (Å²) in [7, 11) is 0. The predicted molar refractivity (Wildman–Crippen MR) is 142 cm³/mol. The minimum Gasteiger partial charge on any atom is -0.456 e. The van der Waals surface area contributed by atoms with Crippen LogP contribution in [0.1, 0.15) is 50.7 Å². The van der Waals surface area contributed by atoms with Gasteiger partial charge in [-0.3, -0.25) is 4.57 Å². The van der Waals surface area contributed by atoms with Crippen LogP contribution in [0.3, 0.4) is 0 Å². The molecule has 0 bridgehead atoms. The van der Waals surface area contributed by atoms with Crippen LogP contribution in [0.2, 0.25) is 0 Å². The molecule has 0 aliphatic carbocycles. The minimum absolute atomic E-state index is 0.382. The van der Waals surface area contributed by atoms with E-state index in [0.29, 0.717) is 11.8 Å². The smallest absolute Gasteiger partial charge is 0.182 e. The molecule has 0 spiro atoms. The van der Waals surface area contributed by atoms with Gasteiger partial charge >= 0.3 is 0 Å². The SMILES string of the molecule is CC(C)c1cccc(C(C)C)c1-n1c(Br)nc2ccc3ccc4oc5ccccc5c4c3c21. The van der Waals surface area contributed by atoms with Crippen molar-refractivity contribution in [2.24, 2.45) is 0 Å². The summed E-state index contributed by atoms with van der Waals surface area (Å²) in [4.78, 5) is 4.96. The van der Waals surface area contributed by atoms with Crippen molar-refractivity contribution in [3.05, 3.63) is 82.6 Å². The topological polar surface area (TPSA) is 31.0 Å². The first-order chi connectivity index (χ1) is 16.0. The molecule has 0 saturated carbocycles. The molecule has 0 aliphatic heterocycles. The van der Waals surface area contributed by atoms with Crippen molar-refractivity contribution in [3.8, 4) is 5.69 Å². The third-order valence-corrected chi connectivity index (χ3v) is 7.19. The number of furan rings is 1. The maximum absolute atomic E-state index is 6.24. The van der Waals surface area contributed by atoms with Crippen molar-refractivity contribution in [1.29, 1.82) is 0 Å². The zero-order chi connectivity index (χ0) is 22.9. The van der Waals surface area contributed by atoms with E-state index in [2.05, 4.69) is 103 Å². The van der Waals surface area contributed by atoms with Crippen LogP contribution >= 0.6 is 15.9 Å². The zero-order valence-electron chi connectivity index (χ0n) is 19.2. The van der Waals surface area contributed by atoms with Crippen molar-refractivity contribution >= 4 is 59.7 Å². The molecule has 0 aliphatic rings. The lowest BCUT2D eigenvalue weighted by Crippen LogP contribution is -2.07. The number of imidazole rings is 1. The van der Waals surface area contributed by atoms with Crippen LogP contribution in [0, 0.1) is 0 Å². The molecule has 0 unspecified atom stereocenters. The number of hydrogen-bond acceptors (Lipinski definition) is 2. The number of benzene rings is 4. The summed E-state index contributed by atoms with van der Waals surface area (Å²) in [5, 5.41) is 4.65. The van der Waals surface area contributed by atoms with E-state index < -0.39 is 0 Å². The summed E-state index contributed by atoms with van der Waals surface area (Å²) in [5.41, 5.74) is 7.78. The second-order valence-electron chi connectivity index (χ2n) is 9.38. The summed E-state index contributed by atoms with van der Waals surface area (Å²) in [6.07, 6.45) is 0. The van der Waals surface area contributed by atoms with Gasteiger partial charge in [-0.25, -0.2) is 4.98 Å². The second-order valence-corrected chi connectivity index (χ2v) is 10.1. The molecule has 4 heteroatoms. The number of fused-ring (bicyclic) bond motifs is 7. The molecule has 4 aromatic carbocycles. The number of halogens is 1. The zero-order valence-corrected chi connectivity index (χ0v) is 20.8. The molecule has 0 atom stereocenters. The molecule has 6 rings (SSSR count). The number of aromatic nitrogens is 2. The molecular weight excluding hydrogens is 472 g/mol. The van der Waals surface area contributed by atoms with E-state index in [1.54, 1.807) is 0 Å². The number of para-hydroxylation sites is 2. The molecule has 0 amide bonds. The fraction of sp³-hybridized carbons (Fsp3) is 0.207. The van der Waals surface area contributed by atoms with Gasteiger partial charge in [-0.2, -0.15) is 0 Å². The molecule has 0 fully saturated rings. The lowest BCUT2D eigenvalue weighted by atomic mass is 9.92. The predicted octanol–water partition coefficient (Wildman–Crippen LogP) is 9.09. The van der Waals surface area contributed by atoms with Gasteiger partial charge < -0.3 is 4.42 Å². The van der Waals surface area contributed by atoms with Crippen molar-refractivity contribution in [3.63, 3.8) is 0 Å². The van der Waals surface area contributed by atoms with E-state index in [1.165, 1.54) is 27.6 Å². The Bertz CT molecular complexity index is 1660. The Hall–Kier alpha value is -3.11. The van der Waals surface area contributed by atoms with Gasteiger partial charge in [-0.1, -0.05) is 76.2 Å². The quantitative estimate of drug-likeness (QED) is 0.244. The highest BCUT2D eigenvalue weighted by Crippen LogP contribution is 2.42. The van der Waals surface area contributed by atoms with E-state index in [0.717, 1.165) is 37.7 Å². The molecule has 2 aromatic heterocycles. The Morgan fingerprint density at radius 3 is 2.18 bits per heavy atom. The first-order valence-electron chi connectivity index (χ1n) is 11.5. The monoisotopic (exact) mass is 496 g/mol. The second kappa shape index (κ2) is 7.46. The third-order valence-electron chi connectivity index (χ3n) is 6.66. The molecule has 3 nitrogen and oxygen atoms in total. The Morgan fingerprint density at radius 2 is 1.45 bits per heavy atom. The van der Waals surface area contributed by atoms with Crippen molar-refractivity contribution in [1.82, 2.24) is 9.55 Å². The molecule has 164 valence electrons. The Morgan fingerprint density at radius 1 is 0.758 bits per heavy atom. The van der Waals surface area contributed by atoms with E-state index in [9.17, 15) is 0 Å². The summed E-state index contributed by atoms with van der Waals surface area (Å²) >= 11 is 3.83. The van der Waals surface area contributed by atoms with Gasteiger partial charge in [-0.05, 0) is 62.5 Å². The van der Waals surface area contributed by atoms with Crippen molar-refractivity contribution < 1.29 is 4.42 Å². The van der Waals surface area contributed by atoms with E-state index in [4.69, 9.17) is 9.40 Å². The lowest BCUT2D eigenvalue weighted by molar-refractivity contribution is 0.669.